The summed E-state index contributed by atoms with van der Waals surface area (Å²) in [4.78, 5) is 0.995. The molecule has 116 valence electrons. The zero-order valence-electron chi connectivity index (χ0n) is 12.3. The fourth-order valence-corrected chi connectivity index (χ4v) is 4.32. The second-order valence-corrected chi connectivity index (χ2v) is 8.22. The smallest absolute Gasteiger partial charge is 0.250 e. The molecule has 2 N–H and O–H groups in total. The summed E-state index contributed by atoms with van der Waals surface area (Å²) in [6.45, 7) is 6.53. The minimum Gasteiger partial charge on any atom is -0.468 e. The second kappa shape index (κ2) is 6.74. The Bertz CT molecular complexity index is 660. The zero-order chi connectivity index (χ0) is 15.5. The summed E-state index contributed by atoms with van der Waals surface area (Å²) >= 11 is 1.28. The Balaban J connectivity index is 2.05. The van der Waals surface area contributed by atoms with Crippen molar-refractivity contribution in [2.45, 2.75) is 43.6 Å². The van der Waals surface area contributed by atoms with Crippen LogP contribution in [0.5, 0.6) is 0 Å². The number of sulfonamides is 1. The fourth-order valence-electron chi connectivity index (χ4n) is 1.79. The van der Waals surface area contributed by atoms with Gasteiger partial charge in [-0.3, -0.25) is 0 Å². The molecule has 0 bridgehead atoms. The van der Waals surface area contributed by atoms with Crippen molar-refractivity contribution in [3.8, 4) is 0 Å². The van der Waals surface area contributed by atoms with Gasteiger partial charge in [0.15, 0.2) is 0 Å². The third kappa shape index (κ3) is 4.41. The van der Waals surface area contributed by atoms with Gasteiger partial charge in [0.2, 0.25) is 0 Å². The monoisotopic (exact) mass is 328 g/mol. The van der Waals surface area contributed by atoms with Crippen molar-refractivity contribution in [2.75, 3.05) is 0 Å². The van der Waals surface area contributed by atoms with E-state index in [0.717, 1.165) is 4.88 Å². The van der Waals surface area contributed by atoms with Crippen LogP contribution in [0.4, 0.5) is 0 Å². The van der Waals surface area contributed by atoms with Gasteiger partial charge in [0, 0.05) is 17.5 Å². The summed E-state index contributed by atoms with van der Waals surface area (Å²) < 4.78 is 32.8. The SMILES string of the molecule is CC(C)NCc1ccc(S(=O)(=O)NC(C)c2ccco2)s1. The number of nitrogens with one attached hydrogen (secondary N) is 2. The van der Waals surface area contributed by atoms with Gasteiger partial charge in [-0.15, -0.1) is 11.3 Å². The van der Waals surface area contributed by atoms with Crippen LogP contribution in [0.3, 0.4) is 0 Å². The molecule has 0 radical (unpaired) electrons. The molecule has 0 spiro atoms. The Hall–Kier alpha value is -1.15. The lowest BCUT2D eigenvalue weighted by Crippen LogP contribution is -2.26. The highest BCUT2D eigenvalue weighted by molar-refractivity contribution is 7.91. The van der Waals surface area contributed by atoms with E-state index in [-0.39, 0.29) is 0 Å². The molecule has 0 amide bonds. The normalized spacial score (nSPS) is 13.7. The molecule has 0 saturated heterocycles. The molecule has 1 unspecified atom stereocenters. The van der Waals surface area contributed by atoms with Gasteiger partial charge in [0.1, 0.15) is 9.97 Å². The molecule has 1 atom stereocenters. The highest BCUT2D eigenvalue weighted by Gasteiger charge is 2.21. The molecule has 0 aliphatic heterocycles. The number of hydrogen-bond donors (Lipinski definition) is 2. The van der Waals surface area contributed by atoms with Crippen LogP contribution < -0.4 is 10.0 Å². The average Bonchev–Trinajstić information content (AvgIpc) is 3.07. The van der Waals surface area contributed by atoms with Gasteiger partial charge in [-0.25, -0.2) is 13.1 Å². The predicted octanol–water partition coefficient (Wildman–Crippen LogP) is 2.88. The lowest BCUT2D eigenvalue weighted by atomic mass is 10.3. The number of hydrogen-bond acceptors (Lipinski definition) is 5. The van der Waals surface area contributed by atoms with E-state index in [2.05, 4.69) is 23.9 Å². The van der Waals surface area contributed by atoms with Gasteiger partial charge in [0.05, 0.1) is 12.3 Å². The number of thiophene rings is 1. The fraction of sp³-hybridized carbons (Fsp3) is 0.429. The minimum absolute atomic E-state index is 0.321. The topological polar surface area (TPSA) is 71.3 Å². The molecule has 2 aromatic rings. The quantitative estimate of drug-likeness (QED) is 0.820. The predicted molar refractivity (Wildman–Crippen MR) is 83.7 cm³/mol. The zero-order valence-corrected chi connectivity index (χ0v) is 13.9. The molecule has 5 nitrogen and oxygen atoms in total. The molecular weight excluding hydrogens is 308 g/mol. The Morgan fingerprint density at radius 1 is 1.24 bits per heavy atom. The van der Waals surface area contributed by atoms with Crippen molar-refractivity contribution in [3.05, 3.63) is 41.2 Å². The first kappa shape index (κ1) is 16.2. The maximum absolute atomic E-state index is 12.3. The molecule has 0 fully saturated rings. The van der Waals surface area contributed by atoms with E-state index in [1.165, 1.54) is 17.6 Å². The lowest BCUT2D eigenvalue weighted by molar-refractivity contribution is 0.459. The Morgan fingerprint density at radius 3 is 2.62 bits per heavy atom. The van der Waals surface area contributed by atoms with Crippen molar-refractivity contribution < 1.29 is 12.8 Å². The molecule has 7 heteroatoms. The highest BCUT2D eigenvalue weighted by Crippen LogP contribution is 2.24. The standard InChI is InChI=1S/C14H20N2O3S2/c1-10(2)15-9-12-6-7-14(20-12)21(17,18)16-11(3)13-5-4-8-19-13/h4-8,10-11,15-16H,9H2,1-3H3. The molecule has 2 heterocycles. The molecule has 2 aromatic heterocycles. The highest BCUT2D eigenvalue weighted by atomic mass is 32.2. The maximum Gasteiger partial charge on any atom is 0.250 e. The third-order valence-corrected chi connectivity index (χ3v) is 6.01. The van der Waals surface area contributed by atoms with E-state index in [1.807, 2.05) is 6.07 Å². The van der Waals surface area contributed by atoms with Gasteiger partial charge in [0.25, 0.3) is 10.0 Å². The first-order valence-corrected chi connectivity index (χ1v) is 9.06. The van der Waals surface area contributed by atoms with Gasteiger partial charge >= 0.3 is 0 Å². The van der Waals surface area contributed by atoms with Crippen molar-refractivity contribution >= 4 is 21.4 Å². The Morgan fingerprint density at radius 2 is 2.00 bits per heavy atom. The Kier molecular flexibility index (Phi) is 5.21. The van der Waals surface area contributed by atoms with Crippen LogP contribution in [-0.4, -0.2) is 14.5 Å². The summed E-state index contributed by atoms with van der Waals surface area (Å²) in [7, 11) is -3.52. The Labute approximate surface area is 129 Å². The van der Waals surface area contributed by atoms with Crippen LogP contribution in [0, 0.1) is 0 Å². The second-order valence-electron chi connectivity index (χ2n) is 5.11. The van der Waals surface area contributed by atoms with Crippen molar-refractivity contribution in [1.29, 1.82) is 0 Å². The summed E-state index contributed by atoms with van der Waals surface area (Å²) in [5, 5.41) is 3.27. The van der Waals surface area contributed by atoms with Crippen LogP contribution in [0.1, 0.15) is 37.5 Å². The third-order valence-electron chi connectivity index (χ3n) is 2.89. The van der Waals surface area contributed by atoms with E-state index in [9.17, 15) is 8.42 Å². The number of furan rings is 1. The van der Waals surface area contributed by atoms with Crippen LogP contribution in [0.15, 0.2) is 39.2 Å². The van der Waals surface area contributed by atoms with E-state index >= 15 is 0 Å². The summed E-state index contributed by atoms with van der Waals surface area (Å²) in [5.74, 6) is 0.594. The van der Waals surface area contributed by atoms with Gasteiger partial charge in [-0.1, -0.05) is 13.8 Å². The molecule has 0 aromatic carbocycles. The van der Waals surface area contributed by atoms with Crippen molar-refractivity contribution in [3.63, 3.8) is 0 Å². The summed E-state index contributed by atoms with van der Waals surface area (Å²) in [6.07, 6.45) is 1.53. The summed E-state index contributed by atoms with van der Waals surface area (Å²) in [6, 6.07) is 6.93. The molecular formula is C14H20N2O3S2. The molecule has 0 aliphatic carbocycles. The van der Waals surface area contributed by atoms with E-state index < -0.39 is 16.1 Å². The summed E-state index contributed by atoms with van der Waals surface area (Å²) in [5.41, 5.74) is 0. The van der Waals surface area contributed by atoms with E-state index in [4.69, 9.17) is 4.42 Å². The molecule has 0 saturated carbocycles. The van der Waals surface area contributed by atoms with Gasteiger partial charge in [-0.2, -0.15) is 0 Å². The van der Waals surface area contributed by atoms with E-state index in [1.54, 1.807) is 25.1 Å². The van der Waals surface area contributed by atoms with Crippen molar-refractivity contribution in [2.24, 2.45) is 0 Å². The van der Waals surface area contributed by atoms with Crippen LogP contribution in [0.2, 0.25) is 0 Å². The maximum atomic E-state index is 12.3. The lowest BCUT2D eigenvalue weighted by Gasteiger charge is -2.10. The van der Waals surface area contributed by atoms with E-state index in [0.29, 0.717) is 22.6 Å². The largest absolute Gasteiger partial charge is 0.468 e. The minimum atomic E-state index is -3.52. The number of rotatable bonds is 7. The first-order chi connectivity index (χ1) is 9.88. The molecule has 0 aliphatic rings. The van der Waals surface area contributed by atoms with Crippen LogP contribution in [-0.2, 0) is 16.6 Å². The van der Waals surface area contributed by atoms with Crippen LogP contribution >= 0.6 is 11.3 Å². The molecule has 2 rings (SSSR count). The molecule has 21 heavy (non-hydrogen) atoms. The van der Waals surface area contributed by atoms with Crippen molar-refractivity contribution in [1.82, 2.24) is 10.0 Å². The first-order valence-electron chi connectivity index (χ1n) is 6.76. The van der Waals surface area contributed by atoms with Gasteiger partial charge < -0.3 is 9.73 Å². The van der Waals surface area contributed by atoms with Gasteiger partial charge in [-0.05, 0) is 31.2 Å². The average molecular weight is 328 g/mol. The van der Waals surface area contributed by atoms with Crippen LogP contribution in [0.25, 0.3) is 0 Å².